The molecule has 2 aromatic rings. The number of aryl methyl sites for hydroxylation is 1. The molecule has 0 aliphatic carbocycles. The van der Waals surface area contributed by atoms with Crippen molar-refractivity contribution in [3.63, 3.8) is 0 Å². The Morgan fingerprint density at radius 2 is 1.95 bits per heavy atom. The number of halogens is 1. The lowest BCUT2D eigenvalue weighted by Gasteiger charge is -2.10. The number of anilines is 1. The summed E-state index contributed by atoms with van der Waals surface area (Å²) in [5.41, 5.74) is 2.07. The third-order valence-electron chi connectivity index (χ3n) is 3.00. The van der Waals surface area contributed by atoms with Gasteiger partial charge in [0.25, 0.3) is 0 Å². The maximum atomic E-state index is 11.8. The largest absolute Gasteiger partial charge is 0.492 e. The number of hydrogen-bond donors (Lipinski definition) is 2. The number of para-hydroxylation sites is 1. The highest BCUT2D eigenvalue weighted by molar-refractivity contribution is 9.10. The molecular formula is C17H19BrN2O2. The summed E-state index contributed by atoms with van der Waals surface area (Å²) < 4.78 is 6.46. The lowest BCUT2D eigenvalue weighted by Crippen LogP contribution is -2.33. The van der Waals surface area contributed by atoms with Crippen molar-refractivity contribution in [1.29, 1.82) is 0 Å². The average molecular weight is 363 g/mol. The number of benzene rings is 2. The fraction of sp³-hybridized carbons (Fsp3) is 0.235. The van der Waals surface area contributed by atoms with E-state index in [9.17, 15) is 4.79 Å². The standard InChI is InChI=1S/C17H19BrN2O2/c1-13-7-8-16(15(18)11-13)20-12-17(21)19-9-10-22-14-5-3-2-4-6-14/h2-8,11,20H,9-10,12H2,1H3,(H,19,21). The number of carbonyl (C=O) groups is 1. The third kappa shape index (κ3) is 5.41. The number of nitrogens with one attached hydrogen (secondary N) is 2. The molecule has 1 amide bonds. The lowest BCUT2D eigenvalue weighted by atomic mass is 10.2. The molecule has 0 bridgehead atoms. The first kappa shape index (κ1) is 16.4. The zero-order chi connectivity index (χ0) is 15.8. The molecule has 0 aliphatic rings. The number of ether oxygens (including phenoxy) is 1. The van der Waals surface area contributed by atoms with Crippen LogP contribution in [-0.4, -0.2) is 25.6 Å². The van der Waals surface area contributed by atoms with E-state index in [1.807, 2.05) is 55.5 Å². The average Bonchev–Trinajstić information content (AvgIpc) is 2.52. The molecular weight excluding hydrogens is 344 g/mol. The van der Waals surface area contributed by atoms with Gasteiger partial charge in [-0.15, -0.1) is 0 Å². The molecule has 0 unspecified atom stereocenters. The van der Waals surface area contributed by atoms with E-state index in [2.05, 4.69) is 26.6 Å². The van der Waals surface area contributed by atoms with Gasteiger partial charge < -0.3 is 15.4 Å². The fourth-order valence-electron chi connectivity index (χ4n) is 1.88. The molecule has 2 N–H and O–H groups in total. The summed E-state index contributed by atoms with van der Waals surface area (Å²) >= 11 is 3.47. The van der Waals surface area contributed by atoms with Crippen molar-refractivity contribution in [2.45, 2.75) is 6.92 Å². The first-order valence-electron chi connectivity index (χ1n) is 7.10. The smallest absolute Gasteiger partial charge is 0.239 e. The van der Waals surface area contributed by atoms with Gasteiger partial charge in [-0.25, -0.2) is 0 Å². The Bertz CT molecular complexity index is 617. The van der Waals surface area contributed by atoms with Crippen LogP contribution in [0.4, 0.5) is 5.69 Å². The summed E-state index contributed by atoms with van der Waals surface area (Å²) in [6, 6.07) is 15.5. The first-order valence-corrected chi connectivity index (χ1v) is 7.89. The summed E-state index contributed by atoms with van der Waals surface area (Å²) in [7, 11) is 0. The predicted octanol–water partition coefficient (Wildman–Crippen LogP) is 3.36. The zero-order valence-electron chi connectivity index (χ0n) is 12.4. The molecule has 0 atom stereocenters. The van der Waals surface area contributed by atoms with Gasteiger partial charge in [0.2, 0.25) is 5.91 Å². The fourth-order valence-corrected chi connectivity index (χ4v) is 2.51. The normalized spacial score (nSPS) is 10.1. The number of carbonyl (C=O) groups excluding carboxylic acids is 1. The number of rotatable bonds is 7. The first-order chi connectivity index (χ1) is 10.6. The van der Waals surface area contributed by atoms with Crippen molar-refractivity contribution in [3.8, 4) is 5.75 Å². The van der Waals surface area contributed by atoms with Crippen molar-refractivity contribution >= 4 is 27.5 Å². The molecule has 116 valence electrons. The van der Waals surface area contributed by atoms with Crippen LogP contribution in [0.15, 0.2) is 53.0 Å². The molecule has 0 heterocycles. The van der Waals surface area contributed by atoms with Crippen LogP contribution in [0.25, 0.3) is 0 Å². The molecule has 0 saturated heterocycles. The van der Waals surface area contributed by atoms with Gasteiger partial charge in [-0.3, -0.25) is 4.79 Å². The maximum absolute atomic E-state index is 11.8. The highest BCUT2D eigenvalue weighted by atomic mass is 79.9. The van der Waals surface area contributed by atoms with Gasteiger partial charge in [0.1, 0.15) is 12.4 Å². The SMILES string of the molecule is Cc1ccc(NCC(=O)NCCOc2ccccc2)c(Br)c1. The van der Waals surface area contributed by atoms with Gasteiger partial charge in [0.05, 0.1) is 13.1 Å². The highest BCUT2D eigenvalue weighted by Crippen LogP contribution is 2.22. The van der Waals surface area contributed by atoms with Crippen molar-refractivity contribution in [3.05, 3.63) is 58.6 Å². The summed E-state index contributed by atoms with van der Waals surface area (Å²) in [5.74, 6) is 0.739. The molecule has 0 aromatic heterocycles. The van der Waals surface area contributed by atoms with Crippen LogP contribution in [0.2, 0.25) is 0 Å². The van der Waals surface area contributed by atoms with Crippen LogP contribution in [-0.2, 0) is 4.79 Å². The molecule has 4 nitrogen and oxygen atoms in total. The molecule has 2 rings (SSSR count). The third-order valence-corrected chi connectivity index (χ3v) is 3.66. The molecule has 5 heteroatoms. The van der Waals surface area contributed by atoms with Crippen LogP contribution in [0.1, 0.15) is 5.56 Å². The second-order valence-corrected chi connectivity index (χ2v) is 5.70. The monoisotopic (exact) mass is 362 g/mol. The van der Waals surface area contributed by atoms with E-state index >= 15 is 0 Å². The molecule has 0 saturated carbocycles. The molecule has 0 fully saturated rings. The quantitative estimate of drug-likeness (QED) is 0.742. The minimum Gasteiger partial charge on any atom is -0.492 e. The minimum atomic E-state index is -0.0656. The van der Waals surface area contributed by atoms with Crippen LogP contribution in [0.5, 0.6) is 5.75 Å². The van der Waals surface area contributed by atoms with Crippen LogP contribution in [0.3, 0.4) is 0 Å². The van der Waals surface area contributed by atoms with Gasteiger partial charge in [-0.1, -0.05) is 24.3 Å². The van der Waals surface area contributed by atoms with E-state index in [-0.39, 0.29) is 12.5 Å². The van der Waals surface area contributed by atoms with E-state index in [4.69, 9.17) is 4.74 Å². The molecule has 22 heavy (non-hydrogen) atoms. The second kappa shape index (κ2) is 8.44. The van der Waals surface area contributed by atoms with E-state index < -0.39 is 0 Å². The van der Waals surface area contributed by atoms with Gasteiger partial charge in [0, 0.05) is 10.2 Å². The van der Waals surface area contributed by atoms with E-state index in [0.29, 0.717) is 13.2 Å². The summed E-state index contributed by atoms with van der Waals surface area (Å²) in [6.45, 7) is 3.18. The van der Waals surface area contributed by atoms with E-state index in [1.165, 1.54) is 5.56 Å². The topological polar surface area (TPSA) is 50.4 Å². The second-order valence-electron chi connectivity index (χ2n) is 4.85. The number of amides is 1. The molecule has 0 aliphatic heterocycles. The molecule has 0 spiro atoms. The van der Waals surface area contributed by atoms with Crippen molar-refractivity contribution in [1.82, 2.24) is 5.32 Å². The Labute approximate surface area is 139 Å². The maximum Gasteiger partial charge on any atom is 0.239 e. The summed E-state index contributed by atoms with van der Waals surface area (Å²) in [6.07, 6.45) is 0. The van der Waals surface area contributed by atoms with Crippen LogP contribution < -0.4 is 15.4 Å². The highest BCUT2D eigenvalue weighted by Gasteiger charge is 2.03. The van der Waals surface area contributed by atoms with Crippen molar-refractivity contribution in [2.24, 2.45) is 0 Å². The van der Waals surface area contributed by atoms with Crippen molar-refractivity contribution in [2.75, 3.05) is 25.0 Å². The summed E-state index contributed by atoms with van der Waals surface area (Å²) in [4.78, 5) is 11.8. The Balaban J connectivity index is 1.65. The zero-order valence-corrected chi connectivity index (χ0v) is 14.0. The Morgan fingerprint density at radius 1 is 1.18 bits per heavy atom. The Morgan fingerprint density at radius 3 is 2.68 bits per heavy atom. The lowest BCUT2D eigenvalue weighted by molar-refractivity contribution is -0.119. The summed E-state index contributed by atoms with van der Waals surface area (Å²) in [5, 5.41) is 5.91. The van der Waals surface area contributed by atoms with E-state index in [0.717, 1.165) is 15.9 Å². The van der Waals surface area contributed by atoms with Crippen molar-refractivity contribution < 1.29 is 9.53 Å². The van der Waals surface area contributed by atoms with Gasteiger partial charge in [-0.2, -0.15) is 0 Å². The predicted molar refractivity (Wildman–Crippen MR) is 92.3 cm³/mol. The van der Waals surface area contributed by atoms with Crippen LogP contribution >= 0.6 is 15.9 Å². The molecule has 2 aromatic carbocycles. The Kier molecular flexibility index (Phi) is 6.27. The minimum absolute atomic E-state index is 0.0656. The number of hydrogen-bond acceptors (Lipinski definition) is 3. The van der Waals surface area contributed by atoms with Gasteiger partial charge >= 0.3 is 0 Å². The van der Waals surface area contributed by atoms with Gasteiger partial charge in [0.15, 0.2) is 0 Å². The van der Waals surface area contributed by atoms with Crippen LogP contribution in [0, 0.1) is 6.92 Å². The van der Waals surface area contributed by atoms with Gasteiger partial charge in [-0.05, 0) is 52.7 Å². The van der Waals surface area contributed by atoms with E-state index in [1.54, 1.807) is 0 Å². The molecule has 0 radical (unpaired) electrons. The Hall–Kier alpha value is -2.01.